The Bertz CT molecular complexity index is 485. The van der Waals surface area contributed by atoms with Crippen LogP contribution < -0.4 is 4.90 Å². The van der Waals surface area contributed by atoms with Gasteiger partial charge < -0.3 is 0 Å². The first-order chi connectivity index (χ1) is 8.13. The molecule has 0 radical (unpaired) electrons. The molecular weight excluding hydrogens is 214 g/mol. The molecule has 1 aromatic carbocycles. The van der Waals surface area contributed by atoms with Crippen LogP contribution in [-0.2, 0) is 16.0 Å². The van der Waals surface area contributed by atoms with Crippen LogP contribution in [0.3, 0.4) is 0 Å². The number of amides is 2. The Morgan fingerprint density at radius 1 is 1.12 bits per heavy atom. The minimum atomic E-state index is -0.254. The zero-order chi connectivity index (χ0) is 12.4. The van der Waals surface area contributed by atoms with Gasteiger partial charge in [-0.2, -0.15) is 0 Å². The standard InChI is InChI=1S/C14H15NO2/c1-3-4-11-5-7-12(8-6-11)15-13(16)9-10(2)14(15)17/h5-9H,3-4H2,1-2H3. The zero-order valence-electron chi connectivity index (χ0n) is 10.1. The van der Waals surface area contributed by atoms with Crippen molar-refractivity contribution in [3.05, 3.63) is 41.5 Å². The van der Waals surface area contributed by atoms with E-state index < -0.39 is 0 Å². The van der Waals surface area contributed by atoms with Crippen LogP contribution in [0.15, 0.2) is 35.9 Å². The van der Waals surface area contributed by atoms with Gasteiger partial charge in [0.2, 0.25) is 0 Å². The van der Waals surface area contributed by atoms with Crippen molar-refractivity contribution in [3.63, 3.8) is 0 Å². The van der Waals surface area contributed by atoms with Gasteiger partial charge in [-0.05, 0) is 31.0 Å². The topological polar surface area (TPSA) is 37.4 Å². The molecule has 0 saturated carbocycles. The Kier molecular flexibility index (Phi) is 3.09. The van der Waals surface area contributed by atoms with Crippen LogP contribution in [0.5, 0.6) is 0 Å². The normalized spacial score (nSPS) is 15.4. The average molecular weight is 229 g/mol. The third kappa shape index (κ3) is 2.13. The molecular formula is C14H15NO2. The molecule has 17 heavy (non-hydrogen) atoms. The number of carbonyl (C=O) groups is 2. The van der Waals surface area contributed by atoms with Gasteiger partial charge in [0.05, 0.1) is 5.69 Å². The van der Waals surface area contributed by atoms with Gasteiger partial charge in [0.25, 0.3) is 11.8 Å². The maximum absolute atomic E-state index is 11.8. The summed E-state index contributed by atoms with van der Waals surface area (Å²) in [6.07, 6.45) is 3.48. The molecule has 3 nitrogen and oxygen atoms in total. The summed E-state index contributed by atoms with van der Waals surface area (Å²) >= 11 is 0. The molecule has 0 aliphatic carbocycles. The smallest absolute Gasteiger partial charge is 0.261 e. The zero-order valence-corrected chi connectivity index (χ0v) is 10.1. The minimum absolute atomic E-state index is 0.224. The van der Waals surface area contributed by atoms with Crippen molar-refractivity contribution in [3.8, 4) is 0 Å². The van der Waals surface area contributed by atoms with Crippen LogP contribution >= 0.6 is 0 Å². The third-order valence-electron chi connectivity index (χ3n) is 2.83. The molecule has 0 saturated heterocycles. The van der Waals surface area contributed by atoms with Crippen LogP contribution in [0.1, 0.15) is 25.8 Å². The number of rotatable bonds is 3. The molecule has 1 aliphatic heterocycles. The van der Waals surface area contributed by atoms with Gasteiger partial charge in [0.1, 0.15) is 0 Å². The van der Waals surface area contributed by atoms with E-state index in [0.717, 1.165) is 12.8 Å². The lowest BCUT2D eigenvalue weighted by atomic mass is 10.1. The second-order valence-corrected chi connectivity index (χ2v) is 4.22. The maximum Gasteiger partial charge on any atom is 0.261 e. The summed E-state index contributed by atoms with van der Waals surface area (Å²) < 4.78 is 0. The van der Waals surface area contributed by atoms with Gasteiger partial charge >= 0.3 is 0 Å². The number of hydrogen-bond acceptors (Lipinski definition) is 2. The van der Waals surface area contributed by atoms with E-state index in [4.69, 9.17) is 0 Å². The molecule has 1 aromatic rings. The highest BCUT2D eigenvalue weighted by Crippen LogP contribution is 2.22. The van der Waals surface area contributed by atoms with Crippen molar-refractivity contribution < 1.29 is 9.59 Å². The molecule has 0 unspecified atom stereocenters. The summed E-state index contributed by atoms with van der Waals surface area (Å²) in [7, 11) is 0. The molecule has 0 aromatic heterocycles. The summed E-state index contributed by atoms with van der Waals surface area (Å²) in [5, 5.41) is 0. The van der Waals surface area contributed by atoms with Crippen molar-refractivity contribution in [2.24, 2.45) is 0 Å². The summed E-state index contributed by atoms with van der Waals surface area (Å²) in [4.78, 5) is 24.6. The van der Waals surface area contributed by atoms with Gasteiger partial charge in [0.15, 0.2) is 0 Å². The van der Waals surface area contributed by atoms with Crippen LogP contribution in [0, 0.1) is 0 Å². The van der Waals surface area contributed by atoms with Crippen molar-refractivity contribution in [1.82, 2.24) is 0 Å². The van der Waals surface area contributed by atoms with E-state index >= 15 is 0 Å². The van der Waals surface area contributed by atoms with E-state index in [9.17, 15) is 9.59 Å². The van der Waals surface area contributed by atoms with Crippen molar-refractivity contribution in [2.45, 2.75) is 26.7 Å². The fraction of sp³-hybridized carbons (Fsp3) is 0.286. The SMILES string of the molecule is CCCc1ccc(N2C(=O)C=C(C)C2=O)cc1. The highest BCUT2D eigenvalue weighted by molar-refractivity contribution is 6.30. The Morgan fingerprint density at radius 2 is 1.76 bits per heavy atom. The van der Waals surface area contributed by atoms with E-state index in [-0.39, 0.29) is 11.8 Å². The van der Waals surface area contributed by atoms with Gasteiger partial charge in [-0.3, -0.25) is 9.59 Å². The van der Waals surface area contributed by atoms with E-state index in [2.05, 4.69) is 6.92 Å². The number of carbonyl (C=O) groups excluding carboxylic acids is 2. The lowest BCUT2D eigenvalue weighted by Gasteiger charge is -2.14. The highest BCUT2D eigenvalue weighted by Gasteiger charge is 2.29. The molecule has 1 aliphatic rings. The molecule has 0 fully saturated rings. The van der Waals surface area contributed by atoms with Crippen LogP contribution in [0.4, 0.5) is 5.69 Å². The number of imide groups is 1. The molecule has 0 spiro atoms. The highest BCUT2D eigenvalue weighted by atomic mass is 16.2. The van der Waals surface area contributed by atoms with Gasteiger partial charge in [-0.25, -0.2) is 4.90 Å². The summed E-state index contributed by atoms with van der Waals surface area (Å²) in [6, 6.07) is 7.58. The molecule has 3 heteroatoms. The first-order valence-corrected chi connectivity index (χ1v) is 5.79. The quantitative estimate of drug-likeness (QED) is 0.747. The number of anilines is 1. The van der Waals surface area contributed by atoms with E-state index in [1.54, 1.807) is 6.92 Å². The van der Waals surface area contributed by atoms with E-state index in [1.165, 1.54) is 16.5 Å². The second-order valence-electron chi connectivity index (χ2n) is 4.22. The molecule has 0 bridgehead atoms. The van der Waals surface area contributed by atoms with Crippen molar-refractivity contribution in [1.29, 1.82) is 0 Å². The molecule has 2 rings (SSSR count). The number of aryl methyl sites for hydroxylation is 1. The number of nitrogens with zero attached hydrogens (tertiary/aromatic N) is 1. The fourth-order valence-corrected chi connectivity index (χ4v) is 1.93. The Morgan fingerprint density at radius 3 is 2.24 bits per heavy atom. The van der Waals surface area contributed by atoms with Gasteiger partial charge in [-0.15, -0.1) is 0 Å². The molecule has 0 atom stereocenters. The Hall–Kier alpha value is -1.90. The number of hydrogen-bond donors (Lipinski definition) is 0. The summed E-state index contributed by atoms with van der Waals surface area (Å²) in [6.45, 7) is 3.78. The number of benzene rings is 1. The van der Waals surface area contributed by atoms with E-state index in [0.29, 0.717) is 11.3 Å². The predicted molar refractivity (Wildman–Crippen MR) is 66.7 cm³/mol. The lowest BCUT2D eigenvalue weighted by molar-refractivity contribution is -0.120. The molecule has 2 amide bonds. The minimum Gasteiger partial charge on any atom is -0.269 e. The first-order valence-electron chi connectivity index (χ1n) is 5.79. The third-order valence-corrected chi connectivity index (χ3v) is 2.83. The Balaban J connectivity index is 2.24. The maximum atomic E-state index is 11.8. The van der Waals surface area contributed by atoms with Gasteiger partial charge in [0, 0.05) is 11.6 Å². The largest absolute Gasteiger partial charge is 0.269 e. The van der Waals surface area contributed by atoms with Crippen molar-refractivity contribution >= 4 is 17.5 Å². The van der Waals surface area contributed by atoms with E-state index in [1.807, 2.05) is 24.3 Å². The van der Waals surface area contributed by atoms with Gasteiger partial charge in [-0.1, -0.05) is 25.5 Å². The Labute approximate surface area is 101 Å². The summed E-state index contributed by atoms with van der Waals surface area (Å²) in [5.74, 6) is -0.478. The monoisotopic (exact) mass is 229 g/mol. The van der Waals surface area contributed by atoms with Crippen LogP contribution in [0.25, 0.3) is 0 Å². The van der Waals surface area contributed by atoms with Crippen molar-refractivity contribution in [2.75, 3.05) is 4.90 Å². The molecule has 1 heterocycles. The average Bonchev–Trinajstić information content (AvgIpc) is 2.55. The molecule has 88 valence electrons. The second kappa shape index (κ2) is 4.53. The van der Waals surface area contributed by atoms with Crippen LogP contribution in [0.2, 0.25) is 0 Å². The summed E-state index contributed by atoms with van der Waals surface area (Å²) in [5.41, 5.74) is 2.36. The lowest BCUT2D eigenvalue weighted by Crippen LogP contribution is -2.30. The first kappa shape index (κ1) is 11.6. The predicted octanol–water partition coefficient (Wildman–Crippen LogP) is 2.46. The fourth-order valence-electron chi connectivity index (χ4n) is 1.93. The molecule has 0 N–H and O–H groups in total. The van der Waals surface area contributed by atoms with Crippen LogP contribution in [-0.4, -0.2) is 11.8 Å².